The maximum atomic E-state index is 13.0. The number of nitrogens with zero attached hydrogens (tertiary/aromatic N) is 2. The molecule has 0 saturated carbocycles. The highest BCUT2D eigenvalue weighted by atomic mass is 19.4. The second kappa shape index (κ2) is 8.86. The van der Waals surface area contributed by atoms with E-state index in [0.29, 0.717) is 11.3 Å². The van der Waals surface area contributed by atoms with Crippen molar-refractivity contribution in [2.75, 3.05) is 0 Å². The molecule has 0 radical (unpaired) electrons. The molecule has 1 atom stereocenters. The summed E-state index contributed by atoms with van der Waals surface area (Å²) >= 11 is 0. The molecule has 1 amide bonds. The first-order valence-corrected chi connectivity index (χ1v) is 9.78. The van der Waals surface area contributed by atoms with Gasteiger partial charge in [0.15, 0.2) is 5.78 Å². The van der Waals surface area contributed by atoms with Gasteiger partial charge in [0, 0.05) is 12.6 Å². The fourth-order valence-corrected chi connectivity index (χ4v) is 3.22. The van der Waals surface area contributed by atoms with Gasteiger partial charge in [-0.05, 0) is 44.5 Å². The largest absolute Gasteiger partial charge is 0.438 e. The van der Waals surface area contributed by atoms with Crippen molar-refractivity contribution < 1.29 is 27.5 Å². The van der Waals surface area contributed by atoms with Crippen LogP contribution in [0.15, 0.2) is 48.5 Å². The van der Waals surface area contributed by atoms with Crippen LogP contribution in [0.25, 0.3) is 0 Å². The van der Waals surface area contributed by atoms with Crippen LogP contribution in [-0.2, 0) is 13.2 Å². The third-order valence-corrected chi connectivity index (χ3v) is 4.94. The number of ketones is 1. The van der Waals surface area contributed by atoms with Gasteiger partial charge in [-0.15, -0.1) is 0 Å². The summed E-state index contributed by atoms with van der Waals surface area (Å²) in [6, 6.07) is 10.9. The normalized spacial score (nSPS) is 12.3. The van der Waals surface area contributed by atoms with Crippen molar-refractivity contribution in [1.29, 1.82) is 0 Å². The molecule has 6 nitrogen and oxygen atoms in total. The Morgan fingerprint density at radius 2 is 1.78 bits per heavy atom. The van der Waals surface area contributed by atoms with Crippen molar-refractivity contribution in [3.05, 3.63) is 76.5 Å². The number of Topliss-reactive ketones (excluding diaryl/α,β-unsaturated/α-hetero) is 1. The summed E-state index contributed by atoms with van der Waals surface area (Å²) in [5, 5.41) is 7.02. The van der Waals surface area contributed by atoms with Crippen molar-refractivity contribution in [3.63, 3.8) is 0 Å². The van der Waals surface area contributed by atoms with Gasteiger partial charge in [-0.3, -0.25) is 9.59 Å². The molecule has 9 heteroatoms. The molecule has 0 saturated heterocycles. The van der Waals surface area contributed by atoms with Gasteiger partial charge in [0.2, 0.25) is 5.88 Å². The van der Waals surface area contributed by atoms with Crippen LogP contribution >= 0.6 is 0 Å². The summed E-state index contributed by atoms with van der Waals surface area (Å²) in [6.45, 7) is 4.86. The Labute approximate surface area is 183 Å². The smallest absolute Gasteiger partial charge is 0.416 e. The molecule has 0 bridgehead atoms. The van der Waals surface area contributed by atoms with E-state index in [1.807, 2.05) is 0 Å². The van der Waals surface area contributed by atoms with Crippen LogP contribution in [0.3, 0.4) is 0 Å². The monoisotopic (exact) mass is 445 g/mol. The number of aromatic nitrogens is 2. The molecule has 1 heterocycles. The van der Waals surface area contributed by atoms with Gasteiger partial charge in [-0.25, -0.2) is 4.68 Å². The fraction of sp³-hybridized carbons (Fsp3) is 0.261. The third kappa shape index (κ3) is 4.99. The Morgan fingerprint density at radius 1 is 1.12 bits per heavy atom. The lowest BCUT2D eigenvalue weighted by atomic mass is 10.0. The van der Waals surface area contributed by atoms with Crippen LogP contribution in [0.4, 0.5) is 13.2 Å². The Hall–Kier alpha value is -3.62. The van der Waals surface area contributed by atoms with Gasteiger partial charge in [-0.2, -0.15) is 18.3 Å². The number of rotatable bonds is 6. The van der Waals surface area contributed by atoms with E-state index in [-0.39, 0.29) is 23.0 Å². The SMILES string of the molecule is CC(=O)c1ccc([C@H](C)NC(=O)c2c(C)nn(C)c2Oc2cccc(C(F)(F)F)c2)cc1. The minimum Gasteiger partial charge on any atom is -0.438 e. The Kier molecular flexibility index (Phi) is 6.38. The van der Waals surface area contributed by atoms with Gasteiger partial charge < -0.3 is 10.1 Å². The zero-order chi connectivity index (χ0) is 23.6. The lowest BCUT2D eigenvalue weighted by Gasteiger charge is -2.16. The van der Waals surface area contributed by atoms with Crippen LogP contribution in [-0.4, -0.2) is 21.5 Å². The zero-order valence-corrected chi connectivity index (χ0v) is 17.9. The van der Waals surface area contributed by atoms with E-state index < -0.39 is 23.7 Å². The van der Waals surface area contributed by atoms with E-state index in [0.717, 1.165) is 17.7 Å². The van der Waals surface area contributed by atoms with Crippen molar-refractivity contribution in [3.8, 4) is 11.6 Å². The number of carbonyl (C=O) groups is 2. The average molecular weight is 445 g/mol. The van der Waals surface area contributed by atoms with Crippen LogP contribution in [0.1, 0.15) is 57.4 Å². The number of ether oxygens (including phenoxy) is 1. The summed E-state index contributed by atoms with van der Waals surface area (Å²) < 4.78 is 46.0. The molecule has 32 heavy (non-hydrogen) atoms. The highest BCUT2D eigenvalue weighted by molar-refractivity contribution is 5.98. The number of benzene rings is 2. The Bertz CT molecular complexity index is 1150. The molecule has 0 aliphatic rings. The number of hydrogen-bond acceptors (Lipinski definition) is 4. The number of amides is 1. The average Bonchev–Trinajstić information content (AvgIpc) is 3.00. The third-order valence-electron chi connectivity index (χ3n) is 4.94. The van der Waals surface area contributed by atoms with E-state index in [4.69, 9.17) is 4.74 Å². The van der Waals surface area contributed by atoms with Crippen LogP contribution < -0.4 is 10.1 Å². The van der Waals surface area contributed by atoms with E-state index in [9.17, 15) is 22.8 Å². The second-order valence-corrected chi connectivity index (χ2v) is 7.39. The first-order valence-electron chi connectivity index (χ1n) is 9.78. The maximum Gasteiger partial charge on any atom is 0.416 e. The quantitative estimate of drug-likeness (QED) is 0.527. The Balaban J connectivity index is 1.84. The highest BCUT2D eigenvalue weighted by Crippen LogP contribution is 2.34. The molecule has 3 rings (SSSR count). The van der Waals surface area contributed by atoms with Crippen molar-refractivity contribution in [2.24, 2.45) is 7.05 Å². The van der Waals surface area contributed by atoms with Crippen LogP contribution in [0, 0.1) is 6.92 Å². The van der Waals surface area contributed by atoms with E-state index >= 15 is 0 Å². The number of alkyl halides is 3. The number of halogens is 3. The van der Waals surface area contributed by atoms with Crippen molar-refractivity contribution in [1.82, 2.24) is 15.1 Å². The molecule has 168 valence electrons. The molecular formula is C23H22F3N3O3. The molecular weight excluding hydrogens is 423 g/mol. The lowest BCUT2D eigenvalue weighted by molar-refractivity contribution is -0.137. The molecule has 1 aromatic heterocycles. The van der Waals surface area contributed by atoms with E-state index in [1.165, 1.54) is 30.8 Å². The number of nitrogens with one attached hydrogen (secondary N) is 1. The zero-order valence-electron chi connectivity index (χ0n) is 17.9. The van der Waals surface area contributed by atoms with Gasteiger partial charge in [-0.1, -0.05) is 30.3 Å². The minimum atomic E-state index is -4.52. The molecule has 0 aliphatic heterocycles. The number of hydrogen-bond donors (Lipinski definition) is 1. The topological polar surface area (TPSA) is 73.2 Å². The van der Waals surface area contributed by atoms with Gasteiger partial charge in [0.25, 0.3) is 5.91 Å². The lowest BCUT2D eigenvalue weighted by Crippen LogP contribution is -2.27. The van der Waals surface area contributed by atoms with Crippen LogP contribution in [0.5, 0.6) is 11.6 Å². The second-order valence-electron chi connectivity index (χ2n) is 7.39. The number of aryl methyl sites for hydroxylation is 2. The fourth-order valence-electron chi connectivity index (χ4n) is 3.22. The number of carbonyl (C=O) groups excluding carboxylic acids is 2. The molecule has 0 fully saturated rings. The summed E-state index contributed by atoms with van der Waals surface area (Å²) in [6.07, 6.45) is -4.52. The summed E-state index contributed by atoms with van der Waals surface area (Å²) in [4.78, 5) is 24.4. The standard InChI is InChI=1S/C23H22F3N3O3/c1-13(16-8-10-17(11-9-16)15(3)30)27-21(31)20-14(2)28-29(4)22(20)32-19-7-5-6-18(12-19)23(24,25)26/h5-13H,1-4H3,(H,27,31)/t13-/m0/s1. The predicted molar refractivity (Wildman–Crippen MR) is 112 cm³/mol. The van der Waals surface area contributed by atoms with Crippen molar-refractivity contribution >= 4 is 11.7 Å². The summed E-state index contributed by atoms with van der Waals surface area (Å²) in [5.74, 6) is -0.584. The first kappa shape index (κ1) is 23.1. The van der Waals surface area contributed by atoms with Crippen molar-refractivity contribution in [2.45, 2.75) is 33.0 Å². The van der Waals surface area contributed by atoms with Gasteiger partial charge in [0.1, 0.15) is 11.3 Å². The first-order chi connectivity index (χ1) is 15.0. The highest BCUT2D eigenvalue weighted by Gasteiger charge is 2.31. The van der Waals surface area contributed by atoms with E-state index in [2.05, 4.69) is 10.4 Å². The summed E-state index contributed by atoms with van der Waals surface area (Å²) in [7, 11) is 1.54. The molecule has 3 aromatic rings. The molecule has 0 spiro atoms. The summed E-state index contributed by atoms with van der Waals surface area (Å²) in [5.41, 5.74) is 0.975. The molecule has 1 N–H and O–H groups in total. The minimum absolute atomic E-state index is 0.0263. The Morgan fingerprint density at radius 3 is 2.38 bits per heavy atom. The van der Waals surface area contributed by atoms with Crippen LogP contribution in [0.2, 0.25) is 0 Å². The predicted octanol–water partition coefficient (Wildman–Crippen LogP) is 5.23. The molecule has 0 unspecified atom stereocenters. The molecule has 0 aliphatic carbocycles. The molecule has 2 aromatic carbocycles. The van der Waals surface area contributed by atoms with E-state index in [1.54, 1.807) is 38.1 Å². The van der Waals surface area contributed by atoms with Gasteiger partial charge >= 0.3 is 6.18 Å². The van der Waals surface area contributed by atoms with Gasteiger partial charge in [0.05, 0.1) is 17.3 Å². The maximum absolute atomic E-state index is 13.0.